The van der Waals surface area contributed by atoms with E-state index in [2.05, 4.69) is 15.3 Å². The third-order valence-corrected chi connectivity index (χ3v) is 5.38. The number of carbonyl (C=O) groups excluding carboxylic acids is 2. The van der Waals surface area contributed by atoms with E-state index in [1.54, 1.807) is 44.7 Å². The van der Waals surface area contributed by atoms with Gasteiger partial charge in [0.1, 0.15) is 0 Å². The van der Waals surface area contributed by atoms with Crippen LogP contribution in [0.2, 0.25) is 0 Å². The lowest BCUT2D eigenvalue weighted by Crippen LogP contribution is -2.39. The summed E-state index contributed by atoms with van der Waals surface area (Å²) in [6.07, 6.45) is -1.64. The van der Waals surface area contributed by atoms with E-state index in [0.29, 0.717) is 27.9 Å². The van der Waals surface area contributed by atoms with Crippen LogP contribution in [0.25, 0.3) is 0 Å². The summed E-state index contributed by atoms with van der Waals surface area (Å²) in [5.41, 5.74) is 1.57. The molecule has 2 N–H and O–H groups in total. The van der Waals surface area contributed by atoms with Crippen molar-refractivity contribution in [2.24, 2.45) is 0 Å². The summed E-state index contributed by atoms with van der Waals surface area (Å²) in [4.78, 5) is 35.2. The van der Waals surface area contributed by atoms with Gasteiger partial charge in [-0.15, -0.1) is 0 Å². The third kappa shape index (κ3) is 6.22. The number of ether oxygens (including phenoxy) is 1. The molecule has 8 nitrogen and oxygen atoms in total. The number of pyridine rings is 2. The summed E-state index contributed by atoms with van der Waals surface area (Å²) >= 11 is 0. The average molecular weight is 480 g/mol. The minimum atomic E-state index is -4.47. The van der Waals surface area contributed by atoms with Gasteiger partial charge in [-0.25, -0.2) is 4.98 Å². The SMILES string of the molecule is Cc1cc(C(C)N2Cc3c(ccnc3CC(=O)NCC(C)(C)O)C2=O)cnc1OCC(F)(F)F. The number of aryl methyl sites for hydroxylation is 1. The predicted octanol–water partition coefficient (Wildman–Crippen LogP) is 2.87. The molecule has 0 saturated heterocycles. The minimum Gasteiger partial charge on any atom is -0.468 e. The Bertz CT molecular complexity index is 1080. The van der Waals surface area contributed by atoms with Crippen molar-refractivity contribution in [2.75, 3.05) is 13.2 Å². The topological polar surface area (TPSA) is 105 Å². The number of carbonyl (C=O) groups is 2. The summed E-state index contributed by atoms with van der Waals surface area (Å²) < 4.78 is 42.0. The second-order valence-corrected chi connectivity index (χ2v) is 8.95. The maximum atomic E-state index is 13.1. The van der Waals surface area contributed by atoms with Crippen molar-refractivity contribution in [1.29, 1.82) is 0 Å². The van der Waals surface area contributed by atoms with Gasteiger partial charge in [-0.1, -0.05) is 0 Å². The van der Waals surface area contributed by atoms with Gasteiger partial charge in [-0.2, -0.15) is 13.2 Å². The number of aromatic nitrogens is 2. The zero-order chi connectivity index (χ0) is 25.3. The number of alkyl halides is 3. The first-order chi connectivity index (χ1) is 15.7. The molecule has 1 atom stereocenters. The van der Waals surface area contributed by atoms with E-state index in [9.17, 15) is 27.9 Å². The Hall–Kier alpha value is -3.21. The summed E-state index contributed by atoms with van der Waals surface area (Å²) in [5.74, 6) is -0.679. The number of aliphatic hydroxyl groups is 1. The molecule has 0 aromatic carbocycles. The van der Waals surface area contributed by atoms with Crippen molar-refractivity contribution in [3.63, 3.8) is 0 Å². The fourth-order valence-electron chi connectivity index (χ4n) is 3.60. The van der Waals surface area contributed by atoms with Gasteiger partial charge in [0.2, 0.25) is 11.8 Å². The summed E-state index contributed by atoms with van der Waals surface area (Å²) in [6.45, 7) is 5.41. The van der Waals surface area contributed by atoms with Gasteiger partial charge >= 0.3 is 6.18 Å². The van der Waals surface area contributed by atoms with Crippen LogP contribution in [-0.2, 0) is 17.8 Å². The first-order valence-corrected chi connectivity index (χ1v) is 10.7. The molecule has 184 valence electrons. The van der Waals surface area contributed by atoms with Crippen LogP contribution in [0, 0.1) is 6.92 Å². The molecule has 34 heavy (non-hydrogen) atoms. The lowest BCUT2D eigenvalue weighted by atomic mass is 10.1. The summed E-state index contributed by atoms with van der Waals surface area (Å²) in [6, 6.07) is 2.81. The highest BCUT2D eigenvalue weighted by atomic mass is 19.4. The molecule has 1 aliphatic rings. The highest BCUT2D eigenvalue weighted by Crippen LogP contribution is 2.33. The summed E-state index contributed by atoms with van der Waals surface area (Å²) in [7, 11) is 0. The quantitative estimate of drug-likeness (QED) is 0.602. The average Bonchev–Trinajstić information content (AvgIpc) is 3.07. The maximum absolute atomic E-state index is 13.1. The number of nitrogens with zero attached hydrogens (tertiary/aromatic N) is 3. The molecule has 3 heterocycles. The Labute approximate surface area is 195 Å². The number of halogens is 3. The monoisotopic (exact) mass is 480 g/mol. The van der Waals surface area contributed by atoms with E-state index >= 15 is 0 Å². The molecule has 2 aromatic rings. The highest BCUT2D eigenvalue weighted by Gasteiger charge is 2.34. The van der Waals surface area contributed by atoms with Gasteiger partial charge in [-0.3, -0.25) is 14.6 Å². The van der Waals surface area contributed by atoms with Crippen molar-refractivity contribution < 1.29 is 32.6 Å². The second-order valence-electron chi connectivity index (χ2n) is 8.95. The number of hydrogen-bond acceptors (Lipinski definition) is 6. The first-order valence-electron chi connectivity index (χ1n) is 10.7. The van der Waals surface area contributed by atoms with Crippen molar-refractivity contribution in [3.8, 4) is 5.88 Å². The number of nitrogens with one attached hydrogen (secondary N) is 1. The standard InChI is InChI=1S/C23H27F3N4O4/c1-13-7-15(9-28-20(13)34-12-23(24,25)26)14(2)30-10-17-16(21(30)32)5-6-27-18(17)8-19(31)29-11-22(3,4)33/h5-7,9,14,33H,8,10-12H2,1-4H3,(H,29,31). The second kappa shape index (κ2) is 9.57. The van der Waals surface area contributed by atoms with E-state index < -0.39 is 24.4 Å². The van der Waals surface area contributed by atoms with E-state index in [4.69, 9.17) is 4.74 Å². The van der Waals surface area contributed by atoms with E-state index in [1.807, 2.05) is 0 Å². The molecular weight excluding hydrogens is 453 g/mol. The number of hydrogen-bond donors (Lipinski definition) is 2. The number of fused-ring (bicyclic) bond motifs is 1. The molecule has 0 saturated carbocycles. The predicted molar refractivity (Wildman–Crippen MR) is 116 cm³/mol. The molecular formula is C23H27F3N4O4. The Morgan fingerprint density at radius 1 is 1.32 bits per heavy atom. The Balaban J connectivity index is 1.74. The molecule has 3 rings (SSSR count). The number of rotatable bonds is 8. The van der Waals surface area contributed by atoms with Gasteiger partial charge < -0.3 is 20.1 Å². The lowest BCUT2D eigenvalue weighted by molar-refractivity contribution is -0.154. The molecule has 0 aliphatic carbocycles. The Morgan fingerprint density at radius 3 is 2.65 bits per heavy atom. The highest BCUT2D eigenvalue weighted by molar-refractivity contribution is 5.99. The molecule has 0 fully saturated rings. The fraction of sp³-hybridized carbons (Fsp3) is 0.478. The zero-order valence-electron chi connectivity index (χ0n) is 19.4. The molecule has 2 aromatic heterocycles. The van der Waals surface area contributed by atoms with Gasteiger partial charge in [0.15, 0.2) is 6.61 Å². The molecule has 1 unspecified atom stereocenters. The smallest absolute Gasteiger partial charge is 0.422 e. The zero-order valence-corrected chi connectivity index (χ0v) is 19.4. The Morgan fingerprint density at radius 2 is 2.03 bits per heavy atom. The van der Waals surface area contributed by atoms with E-state index in [1.165, 1.54) is 12.4 Å². The van der Waals surface area contributed by atoms with Crippen LogP contribution in [0.5, 0.6) is 5.88 Å². The first kappa shape index (κ1) is 25.4. The van der Waals surface area contributed by atoms with E-state index in [-0.39, 0.29) is 37.2 Å². The van der Waals surface area contributed by atoms with Crippen molar-refractivity contribution in [2.45, 2.75) is 58.5 Å². The Kier molecular flexibility index (Phi) is 7.15. The minimum absolute atomic E-state index is 0.0410. The molecule has 0 spiro atoms. The van der Waals surface area contributed by atoms with Gasteiger partial charge in [0.05, 0.1) is 23.8 Å². The fourth-order valence-corrected chi connectivity index (χ4v) is 3.60. The molecule has 1 aliphatic heterocycles. The number of amides is 2. The van der Waals surface area contributed by atoms with Crippen LogP contribution in [0.3, 0.4) is 0 Å². The van der Waals surface area contributed by atoms with Crippen molar-refractivity contribution >= 4 is 11.8 Å². The molecule has 0 bridgehead atoms. The van der Waals surface area contributed by atoms with Crippen LogP contribution in [0.1, 0.15) is 59.6 Å². The molecule has 11 heteroatoms. The maximum Gasteiger partial charge on any atom is 0.422 e. The van der Waals surface area contributed by atoms with Crippen molar-refractivity contribution in [3.05, 3.63) is 52.5 Å². The van der Waals surface area contributed by atoms with E-state index in [0.717, 1.165) is 0 Å². The lowest BCUT2D eigenvalue weighted by Gasteiger charge is -2.25. The molecule has 2 amide bonds. The van der Waals surface area contributed by atoms with Crippen LogP contribution >= 0.6 is 0 Å². The summed E-state index contributed by atoms with van der Waals surface area (Å²) in [5, 5.41) is 12.4. The molecule has 0 radical (unpaired) electrons. The van der Waals surface area contributed by atoms with Gasteiger partial charge in [0, 0.05) is 42.2 Å². The van der Waals surface area contributed by atoms with Crippen LogP contribution in [0.4, 0.5) is 13.2 Å². The van der Waals surface area contributed by atoms with Crippen molar-refractivity contribution in [1.82, 2.24) is 20.2 Å². The van der Waals surface area contributed by atoms with Crippen LogP contribution in [0.15, 0.2) is 24.5 Å². The van der Waals surface area contributed by atoms with Gasteiger partial charge in [0.25, 0.3) is 5.91 Å². The largest absolute Gasteiger partial charge is 0.468 e. The van der Waals surface area contributed by atoms with Gasteiger partial charge in [-0.05, 0) is 45.4 Å². The van der Waals surface area contributed by atoms with Crippen LogP contribution < -0.4 is 10.1 Å². The normalized spacial score (nSPS) is 14.7. The third-order valence-electron chi connectivity index (χ3n) is 5.38. The van der Waals surface area contributed by atoms with Crippen LogP contribution in [-0.4, -0.2) is 56.7 Å².